The first-order valence-electron chi connectivity index (χ1n) is 4.94. The molecule has 0 radical (unpaired) electrons. The van der Waals surface area contributed by atoms with Crippen LogP contribution in [0.3, 0.4) is 0 Å². The highest BCUT2D eigenvalue weighted by molar-refractivity contribution is 5.89. The van der Waals surface area contributed by atoms with Crippen LogP contribution in [0.15, 0.2) is 12.2 Å². The Labute approximate surface area is 88.6 Å². The summed E-state index contributed by atoms with van der Waals surface area (Å²) in [5, 5.41) is 0. The van der Waals surface area contributed by atoms with E-state index in [1.165, 1.54) is 0 Å². The Bertz CT molecular complexity index is 275. The third-order valence-electron chi connectivity index (χ3n) is 2.09. The molecule has 5 heteroatoms. The van der Waals surface area contributed by atoms with Gasteiger partial charge in [-0.2, -0.15) is 4.89 Å². The number of hydrogen-bond acceptors (Lipinski definition) is 4. The average Bonchev–Trinajstić information content (AvgIpc) is 2.61. The van der Waals surface area contributed by atoms with E-state index in [0.717, 1.165) is 6.42 Å². The maximum absolute atomic E-state index is 11.2. The number of amides is 1. The summed E-state index contributed by atoms with van der Waals surface area (Å²) >= 11 is 0. The molecule has 84 valence electrons. The summed E-state index contributed by atoms with van der Waals surface area (Å²) < 4.78 is 0. The van der Waals surface area contributed by atoms with Crippen LogP contribution in [0.5, 0.6) is 0 Å². The lowest BCUT2D eigenvalue weighted by Gasteiger charge is -2.15. The van der Waals surface area contributed by atoms with Crippen LogP contribution in [0.4, 0.5) is 0 Å². The summed E-state index contributed by atoms with van der Waals surface area (Å²) in [5.74, 6) is -0.558. The Morgan fingerprint density at radius 3 is 2.87 bits per heavy atom. The summed E-state index contributed by atoms with van der Waals surface area (Å²) in [4.78, 5) is 33.0. The van der Waals surface area contributed by atoms with Crippen molar-refractivity contribution >= 4 is 11.9 Å². The molecular formula is C10H15NO4. The van der Waals surface area contributed by atoms with Crippen molar-refractivity contribution in [3.05, 3.63) is 12.2 Å². The molecule has 0 atom stereocenters. The maximum Gasteiger partial charge on any atom is 0.370 e. The van der Waals surface area contributed by atoms with Gasteiger partial charge in [0, 0.05) is 13.0 Å². The molecule has 0 aromatic rings. The Kier molecular flexibility index (Phi) is 4.30. The van der Waals surface area contributed by atoms with Crippen molar-refractivity contribution < 1.29 is 19.4 Å². The van der Waals surface area contributed by atoms with Crippen LogP contribution in [0.2, 0.25) is 0 Å². The fourth-order valence-corrected chi connectivity index (χ4v) is 1.34. The van der Waals surface area contributed by atoms with Gasteiger partial charge in [-0.3, -0.25) is 9.68 Å². The molecular weight excluding hydrogens is 198 g/mol. The van der Waals surface area contributed by atoms with Gasteiger partial charge >= 0.3 is 5.97 Å². The molecule has 0 aromatic heterocycles. The standard InChI is InChI=1S/C10H15NO4/c1-3-14-15-10(13)8(2)7-11-6-4-5-9(11)12/h2-7H2,1H3. The Balaban J connectivity index is 2.34. The summed E-state index contributed by atoms with van der Waals surface area (Å²) in [7, 11) is 0. The molecule has 1 amide bonds. The highest BCUT2D eigenvalue weighted by Gasteiger charge is 2.23. The molecule has 1 aliphatic rings. The average molecular weight is 213 g/mol. The van der Waals surface area contributed by atoms with Gasteiger partial charge < -0.3 is 4.90 Å². The van der Waals surface area contributed by atoms with Crippen molar-refractivity contribution in [2.75, 3.05) is 19.7 Å². The maximum atomic E-state index is 11.2. The second-order valence-electron chi connectivity index (χ2n) is 3.30. The highest BCUT2D eigenvalue weighted by Crippen LogP contribution is 2.11. The molecule has 0 spiro atoms. The second-order valence-corrected chi connectivity index (χ2v) is 3.30. The highest BCUT2D eigenvalue weighted by atomic mass is 17.2. The number of carbonyl (C=O) groups is 2. The van der Waals surface area contributed by atoms with Crippen LogP contribution in [0, 0.1) is 0 Å². The Hall–Kier alpha value is -1.36. The number of carbonyl (C=O) groups excluding carboxylic acids is 2. The largest absolute Gasteiger partial charge is 0.370 e. The topological polar surface area (TPSA) is 55.8 Å². The molecule has 1 heterocycles. The van der Waals surface area contributed by atoms with Crippen LogP contribution in [-0.4, -0.2) is 36.5 Å². The predicted octanol–water partition coefficient (Wildman–Crippen LogP) is 0.660. The van der Waals surface area contributed by atoms with Crippen molar-refractivity contribution in [1.82, 2.24) is 4.90 Å². The first-order valence-corrected chi connectivity index (χ1v) is 4.94. The first kappa shape index (κ1) is 11.7. The summed E-state index contributed by atoms with van der Waals surface area (Å²) in [6.07, 6.45) is 1.39. The molecule has 1 rings (SSSR count). The van der Waals surface area contributed by atoms with E-state index in [4.69, 9.17) is 0 Å². The third kappa shape index (κ3) is 3.36. The third-order valence-corrected chi connectivity index (χ3v) is 2.09. The molecule has 1 saturated heterocycles. The van der Waals surface area contributed by atoms with Crippen molar-refractivity contribution in [2.45, 2.75) is 19.8 Å². The SMILES string of the molecule is C=C(CN1CCCC1=O)C(=O)OOCC. The number of likely N-dealkylation sites (tertiary alicyclic amines) is 1. The Morgan fingerprint density at radius 2 is 2.33 bits per heavy atom. The lowest BCUT2D eigenvalue weighted by Crippen LogP contribution is -2.29. The fraction of sp³-hybridized carbons (Fsp3) is 0.600. The number of nitrogens with zero attached hydrogens (tertiary/aromatic N) is 1. The lowest BCUT2D eigenvalue weighted by molar-refractivity contribution is -0.265. The van der Waals surface area contributed by atoms with Gasteiger partial charge in [0.15, 0.2) is 0 Å². The van der Waals surface area contributed by atoms with E-state index in [9.17, 15) is 9.59 Å². The van der Waals surface area contributed by atoms with Gasteiger partial charge in [-0.1, -0.05) is 6.58 Å². The Morgan fingerprint density at radius 1 is 1.60 bits per heavy atom. The zero-order valence-corrected chi connectivity index (χ0v) is 8.82. The first-order chi connectivity index (χ1) is 7.15. The second kappa shape index (κ2) is 5.50. The smallest absolute Gasteiger partial charge is 0.338 e. The molecule has 0 saturated carbocycles. The van der Waals surface area contributed by atoms with Gasteiger partial charge in [0.25, 0.3) is 0 Å². The quantitative estimate of drug-likeness (QED) is 0.382. The monoisotopic (exact) mass is 213 g/mol. The van der Waals surface area contributed by atoms with E-state index in [1.807, 2.05) is 0 Å². The number of rotatable bonds is 5. The van der Waals surface area contributed by atoms with E-state index in [1.54, 1.807) is 11.8 Å². The van der Waals surface area contributed by atoms with Crippen LogP contribution >= 0.6 is 0 Å². The molecule has 1 aliphatic heterocycles. The zero-order chi connectivity index (χ0) is 11.3. The molecule has 0 bridgehead atoms. The summed E-state index contributed by atoms with van der Waals surface area (Å²) in [5.41, 5.74) is 0.235. The van der Waals surface area contributed by atoms with E-state index in [0.29, 0.717) is 19.6 Å². The summed E-state index contributed by atoms with van der Waals surface area (Å²) in [6.45, 7) is 6.47. The van der Waals surface area contributed by atoms with Gasteiger partial charge in [-0.25, -0.2) is 4.79 Å². The van der Waals surface area contributed by atoms with Crippen molar-refractivity contribution in [3.63, 3.8) is 0 Å². The molecule has 0 N–H and O–H groups in total. The van der Waals surface area contributed by atoms with Crippen LogP contribution in [0.1, 0.15) is 19.8 Å². The van der Waals surface area contributed by atoms with Crippen LogP contribution < -0.4 is 0 Å². The van der Waals surface area contributed by atoms with Crippen molar-refractivity contribution in [2.24, 2.45) is 0 Å². The minimum absolute atomic E-state index is 0.0559. The minimum atomic E-state index is -0.614. The molecule has 15 heavy (non-hydrogen) atoms. The van der Waals surface area contributed by atoms with E-state index < -0.39 is 5.97 Å². The normalized spacial score (nSPS) is 15.5. The van der Waals surface area contributed by atoms with E-state index in [-0.39, 0.29) is 18.0 Å². The molecule has 0 aliphatic carbocycles. The van der Waals surface area contributed by atoms with Gasteiger partial charge in [0.1, 0.15) is 0 Å². The van der Waals surface area contributed by atoms with Crippen LogP contribution in [0.25, 0.3) is 0 Å². The van der Waals surface area contributed by atoms with Gasteiger partial charge in [-0.15, -0.1) is 0 Å². The van der Waals surface area contributed by atoms with Gasteiger partial charge in [0.2, 0.25) is 5.91 Å². The van der Waals surface area contributed by atoms with Gasteiger partial charge in [0.05, 0.1) is 18.7 Å². The van der Waals surface area contributed by atoms with Crippen molar-refractivity contribution in [3.8, 4) is 0 Å². The van der Waals surface area contributed by atoms with Gasteiger partial charge in [-0.05, 0) is 13.3 Å². The lowest BCUT2D eigenvalue weighted by atomic mass is 10.3. The van der Waals surface area contributed by atoms with E-state index >= 15 is 0 Å². The molecule has 1 fully saturated rings. The fourth-order valence-electron chi connectivity index (χ4n) is 1.34. The zero-order valence-electron chi connectivity index (χ0n) is 8.82. The van der Waals surface area contributed by atoms with Crippen LogP contribution in [-0.2, 0) is 19.4 Å². The summed E-state index contributed by atoms with van der Waals surface area (Å²) in [6, 6.07) is 0. The molecule has 0 unspecified atom stereocenters. The predicted molar refractivity (Wildman–Crippen MR) is 52.7 cm³/mol. The molecule has 0 aromatic carbocycles. The molecule has 5 nitrogen and oxygen atoms in total. The van der Waals surface area contributed by atoms with E-state index in [2.05, 4.69) is 16.4 Å². The number of hydrogen-bond donors (Lipinski definition) is 0. The van der Waals surface area contributed by atoms with Crippen molar-refractivity contribution in [1.29, 1.82) is 0 Å². The minimum Gasteiger partial charge on any atom is -0.338 e.